The first kappa shape index (κ1) is 13.5. The van der Waals surface area contributed by atoms with E-state index in [1.165, 1.54) is 0 Å². The average Bonchev–Trinajstić information content (AvgIpc) is 2.32. The van der Waals surface area contributed by atoms with E-state index in [0.717, 1.165) is 24.9 Å². The molecule has 1 aliphatic rings. The van der Waals surface area contributed by atoms with Gasteiger partial charge < -0.3 is 5.32 Å². The molecule has 1 aromatic carbocycles. The van der Waals surface area contributed by atoms with Crippen LogP contribution >= 0.6 is 0 Å². The van der Waals surface area contributed by atoms with Crippen LogP contribution in [0.15, 0.2) is 29.2 Å². The van der Waals surface area contributed by atoms with Gasteiger partial charge in [-0.25, -0.2) is 13.1 Å². The maximum Gasteiger partial charge on any atom is 0.240 e. The van der Waals surface area contributed by atoms with E-state index in [0.29, 0.717) is 4.90 Å². The largest absolute Gasteiger partial charge is 0.313 e. The van der Waals surface area contributed by atoms with Crippen LogP contribution in [-0.2, 0) is 10.0 Å². The van der Waals surface area contributed by atoms with Gasteiger partial charge in [-0.1, -0.05) is 12.1 Å². The third-order valence-corrected chi connectivity index (χ3v) is 4.86. The van der Waals surface area contributed by atoms with Gasteiger partial charge in [0.2, 0.25) is 10.0 Å². The fourth-order valence-electron chi connectivity index (χ4n) is 2.25. The predicted molar refractivity (Wildman–Crippen MR) is 72.0 cm³/mol. The van der Waals surface area contributed by atoms with Crippen LogP contribution < -0.4 is 10.0 Å². The molecule has 1 aliphatic heterocycles. The topological polar surface area (TPSA) is 58.2 Å². The Kier molecular flexibility index (Phi) is 4.04. The van der Waals surface area contributed by atoms with Crippen molar-refractivity contribution in [3.05, 3.63) is 29.8 Å². The minimum atomic E-state index is -3.41. The molecule has 0 saturated carbocycles. The summed E-state index contributed by atoms with van der Waals surface area (Å²) in [5, 5.41) is 3.29. The molecular formula is C13H20N2O2S. The summed E-state index contributed by atoms with van der Waals surface area (Å²) in [4.78, 5) is 0.347. The van der Waals surface area contributed by atoms with E-state index in [9.17, 15) is 8.42 Å². The molecule has 0 aliphatic carbocycles. The van der Waals surface area contributed by atoms with Crippen LogP contribution in [0.25, 0.3) is 0 Å². The van der Waals surface area contributed by atoms with Crippen molar-refractivity contribution in [1.29, 1.82) is 0 Å². The summed E-state index contributed by atoms with van der Waals surface area (Å²) in [5.74, 6) is 0. The third-order valence-electron chi connectivity index (χ3n) is 3.37. The van der Waals surface area contributed by atoms with E-state index >= 15 is 0 Å². The molecule has 2 atom stereocenters. The molecule has 1 saturated heterocycles. The Morgan fingerprint density at radius 3 is 2.83 bits per heavy atom. The van der Waals surface area contributed by atoms with E-state index in [4.69, 9.17) is 0 Å². The van der Waals surface area contributed by atoms with Crippen molar-refractivity contribution < 1.29 is 8.42 Å². The van der Waals surface area contributed by atoms with Crippen molar-refractivity contribution in [1.82, 2.24) is 10.0 Å². The molecule has 18 heavy (non-hydrogen) atoms. The van der Waals surface area contributed by atoms with Crippen molar-refractivity contribution in [3.8, 4) is 0 Å². The molecular weight excluding hydrogens is 248 g/mol. The molecule has 1 aromatic rings. The number of nitrogens with one attached hydrogen (secondary N) is 2. The molecule has 1 fully saturated rings. The van der Waals surface area contributed by atoms with Crippen LogP contribution in [0.5, 0.6) is 0 Å². The summed E-state index contributed by atoms with van der Waals surface area (Å²) >= 11 is 0. The number of hydrogen-bond acceptors (Lipinski definition) is 3. The molecule has 0 bridgehead atoms. The maximum absolute atomic E-state index is 12.3. The van der Waals surface area contributed by atoms with Gasteiger partial charge in [0, 0.05) is 12.1 Å². The van der Waals surface area contributed by atoms with Crippen LogP contribution in [0.4, 0.5) is 0 Å². The van der Waals surface area contributed by atoms with Crippen molar-refractivity contribution in [2.45, 2.75) is 43.7 Å². The lowest BCUT2D eigenvalue weighted by atomic mass is 10.0. The lowest BCUT2D eigenvalue weighted by molar-refractivity contribution is 0.349. The minimum absolute atomic E-state index is 0.0238. The van der Waals surface area contributed by atoms with E-state index in [1.54, 1.807) is 18.2 Å². The molecule has 5 heteroatoms. The number of piperidine rings is 1. The summed E-state index contributed by atoms with van der Waals surface area (Å²) in [6, 6.07) is 7.15. The fraction of sp³-hybridized carbons (Fsp3) is 0.538. The first-order chi connectivity index (χ1) is 8.49. The molecule has 100 valence electrons. The number of rotatable bonds is 3. The molecule has 2 rings (SSSR count). The lowest BCUT2D eigenvalue weighted by Gasteiger charge is -2.30. The highest BCUT2D eigenvalue weighted by molar-refractivity contribution is 7.89. The van der Waals surface area contributed by atoms with Crippen LogP contribution in [0.2, 0.25) is 0 Å². The molecule has 0 radical (unpaired) electrons. The molecule has 0 aromatic heterocycles. The smallest absolute Gasteiger partial charge is 0.240 e. The van der Waals surface area contributed by atoms with E-state index in [-0.39, 0.29) is 12.1 Å². The van der Waals surface area contributed by atoms with Gasteiger partial charge in [0.1, 0.15) is 0 Å². The standard InChI is InChI=1S/C13H20N2O2S/c1-10-5-3-6-12(9-10)18(16,17)15-13-7-4-8-14-11(13)2/h3,5-6,9,11,13-15H,4,7-8H2,1-2H3. The van der Waals surface area contributed by atoms with Crippen LogP contribution in [0.1, 0.15) is 25.3 Å². The van der Waals surface area contributed by atoms with Gasteiger partial charge in [-0.3, -0.25) is 0 Å². The first-order valence-electron chi connectivity index (χ1n) is 6.31. The number of hydrogen-bond donors (Lipinski definition) is 2. The Morgan fingerprint density at radius 1 is 1.39 bits per heavy atom. The van der Waals surface area contributed by atoms with Gasteiger partial charge in [0.25, 0.3) is 0 Å². The quantitative estimate of drug-likeness (QED) is 0.871. The normalized spacial score (nSPS) is 25.0. The Morgan fingerprint density at radius 2 is 2.17 bits per heavy atom. The van der Waals surface area contributed by atoms with Crippen molar-refractivity contribution in [2.24, 2.45) is 0 Å². The van der Waals surface area contributed by atoms with Gasteiger partial charge >= 0.3 is 0 Å². The first-order valence-corrected chi connectivity index (χ1v) is 7.80. The van der Waals surface area contributed by atoms with Crippen LogP contribution in [0, 0.1) is 6.92 Å². The van der Waals surface area contributed by atoms with Gasteiger partial charge in [-0.05, 0) is 50.9 Å². The Hall–Kier alpha value is -0.910. The van der Waals surface area contributed by atoms with Gasteiger partial charge in [-0.15, -0.1) is 0 Å². The number of aryl methyl sites for hydroxylation is 1. The summed E-state index contributed by atoms with van der Waals surface area (Å²) < 4.78 is 27.3. The second-order valence-electron chi connectivity index (χ2n) is 4.93. The zero-order chi connectivity index (χ0) is 13.2. The van der Waals surface area contributed by atoms with Crippen molar-refractivity contribution >= 4 is 10.0 Å². The molecule has 1 heterocycles. The Labute approximate surface area is 109 Å². The number of benzene rings is 1. The molecule has 2 N–H and O–H groups in total. The molecule has 4 nitrogen and oxygen atoms in total. The second kappa shape index (κ2) is 5.38. The van der Waals surface area contributed by atoms with Crippen molar-refractivity contribution in [2.75, 3.05) is 6.54 Å². The van der Waals surface area contributed by atoms with Crippen LogP contribution in [0.3, 0.4) is 0 Å². The highest BCUT2D eigenvalue weighted by Gasteiger charge is 2.26. The minimum Gasteiger partial charge on any atom is -0.313 e. The monoisotopic (exact) mass is 268 g/mol. The molecule has 2 unspecified atom stereocenters. The predicted octanol–water partition coefficient (Wildman–Crippen LogP) is 1.41. The SMILES string of the molecule is Cc1cccc(S(=O)(=O)NC2CCCNC2C)c1. The molecule has 0 spiro atoms. The van der Waals surface area contributed by atoms with Gasteiger partial charge in [0.05, 0.1) is 4.90 Å². The highest BCUT2D eigenvalue weighted by Crippen LogP contribution is 2.15. The summed E-state index contributed by atoms with van der Waals surface area (Å²) in [6.07, 6.45) is 1.89. The van der Waals surface area contributed by atoms with E-state index < -0.39 is 10.0 Å². The summed E-state index contributed by atoms with van der Waals surface area (Å²) in [5.41, 5.74) is 0.952. The highest BCUT2D eigenvalue weighted by atomic mass is 32.2. The third kappa shape index (κ3) is 3.10. The van der Waals surface area contributed by atoms with Crippen molar-refractivity contribution in [3.63, 3.8) is 0 Å². The summed E-state index contributed by atoms with van der Waals surface area (Å²) in [6.45, 7) is 4.87. The maximum atomic E-state index is 12.3. The second-order valence-corrected chi connectivity index (χ2v) is 6.64. The average molecular weight is 268 g/mol. The van der Waals surface area contributed by atoms with E-state index in [2.05, 4.69) is 10.0 Å². The fourth-order valence-corrected chi connectivity index (χ4v) is 3.71. The number of sulfonamides is 1. The lowest BCUT2D eigenvalue weighted by Crippen LogP contribution is -2.51. The zero-order valence-corrected chi connectivity index (χ0v) is 11.6. The molecule has 0 amide bonds. The Bertz CT molecular complexity index is 513. The zero-order valence-electron chi connectivity index (χ0n) is 10.8. The summed E-state index contributed by atoms with van der Waals surface area (Å²) in [7, 11) is -3.41. The Balaban J connectivity index is 2.16. The van der Waals surface area contributed by atoms with Crippen LogP contribution in [-0.4, -0.2) is 27.0 Å². The van der Waals surface area contributed by atoms with Gasteiger partial charge in [0.15, 0.2) is 0 Å². The van der Waals surface area contributed by atoms with E-state index in [1.807, 2.05) is 19.9 Å². The van der Waals surface area contributed by atoms with Gasteiger partial charge in [-0.2, -0.15) is 0 Å².